The standard InChI is InChI=1S/C24H28ClN3O2/c1-17(19-7-3-5-9-21(19)25)27-13-15-28(16-14-27)24(30)20-8-4-6-10-22(20)26(2)23(29)18-11-12-18/h3-10,17-18H,11-16H2,1-2H3. The third-order valence-electron chi connectivity index (χ3n) is 6.26. The van der Waals surface area contributed by atoms with E-state index in [1.54, 1.807) is 11.9 Å². The van der Waals surface area contributed by atoms with E-state index in [1.807, 2.05) is 47.4 Å². The highest BCUT2D eigenvalue weighted by Crippen LogP contribution is 2.33. The third-order valence-corrected chi connectivity index (χ3v) is 6.60. The largest absolute Gasteiger partial charge is 0.336 e. The Hall–Kier alpha value is -2.37. The number of carbonyl (C=O) groups is 2. The van der Waals surface area contributed by atoms with Crippen LogP contribution in [0.5, 0.6) is 0 Å². The van der Waals surface area contributed by atoms with Gasteiger partial charge in [-0.3, -0.25) is 14.5 Å². The van der Waals surface area contributed by atoms with Crippen LogP contribution < -0.4 is 4.90 Å². The minimum absolute atomic E-state index is 0.00825. The molecule has 2 aromatic carbocycles. The van der Waals surface area contributed by atoms with E-state index in [2.05, 4.69) is 17.9 Å². The second-order valence-corrected chi connectivity index (χ2v) is 8.62. The first-order chi connectivity index (χ1) is 14.5. The SMILES string of the molecule is CC(c1ccccc1Cl)N1CCN(C(=O)c2ccccc2N(C)C(=O)C2CC2)CC1. The molecule has 0 radical (unpaired) electrons. The summed E-state index contributed by atoms with van der Waals surface area (Å²) in [7, 11) is 1.77. The molecule has 4 rings (SSSR count). The van der Waals surface area contributed by atoms with Gasteiger partial charge in [-0.15, -0.1) is 0 Å². The molecule has 1 saturated carbocycles. The summed E-state index contributed by atoms with van der Waals surface area (Å²) >= 11 is 6.37. The first-order valence-electron chi connectivity index (χ1n) is 10.6. The average Bonchev–Trinajstić information content (AvgIpc) is 3.63. The van der Waals surface area contributed by atoms with Crippen LogP contribution in [0.15, 0.2) is 48.5 Å². The van der Waals surface area contributed by atoms with E-state index in [-0.39, 0.29) is 23.8 Å². The Morgan fingerprint density at radius 1 is 1.00 bits per heavy atom. The molecule has 30 heavy (non-hydrogen) atoms. The molecule has 1 aliphatic heterocycles. The zero-order valence-electron chi connectivity index (χ0n) is 17.6. The van der Waals surface area contributed by atoms with Gasteiger partial charge in [0, 0.05) is 50.2 Å². The van der Waals surface area contributed by atoms with Gasteiger partial charge >= 0.3 is 0 Å². The molecule has 5 nitrogen and oxygen atoms in total. The number of para-hydroxylation sites is 1. The second-order valence-electron chi connectivity index (χ2n) is 8.21. The summed E-state index contributed by atoms with van der Waals surface area (Å²) < 4.78 is 0. The number of hydrogen-bond acceptors (Lipinski definition) is 3. The predicted molar refractivity (Wildman–Crippen MR) is 120 cm³/mol. The number of piperazine rings is 1. The smallest absolute Gasteiger partial charge is 0.256 e. The minimum Gasteiger partial charge on any atom is -0.336 e. The Morgan fingerprint density at radius 3 is 2.30 bits per heavy atom. The summed E-state index contributed by atoms with van der Waals surface area (Å²) in [6, 6.07) is 15.6. The molecule has 2 aromatic rings. The monoisotopic (exact) mass is 425 g/mol. The van der Waals surface area contributed by atoms with Crippen LogP contribution in [0.25, 0.3) is 0 Å². The van der Waals surface area contributed by atoms with Crippen LogP contribution in [-0.4, -0.2) is 54.8 Å². The van der Waals surface area contributed by atoms with Crippen molar-refractivity contribution in [3.8, 4) is 0 Å². The molecule has 0 aromatic heterocycles. The van der Waals surface area contributed by atoms with E-state index in [4.69, 9.17) is 11.6 Å². The fraction of sp³-hybridized carbons (Fsp3) is 0.417. The quantitative estimate of drug-likeness (QED) is 0.719. The van der Waals surface area contributed by atoms with E-state index < -0.39 is 0 Å². The molecule has 1 aliphatic carbocycles. The minimum atomic E-state index is -0.00825. The summed E-state index contributed by atoms with van der Waals surface area (Å²) in [6.45, 7) is 5.05. The highest BCUT2D eigenvalue weighted by Gasteiger charge is 2.34. The lowest BCUT2D eigenvalue weighted by Gasteiger charge is -2.38. The molecule has 0 N–H and O–H groups in total. The summed E-state index contributed by atoms with van der Waals surface area (Å²) in [6.07, 6.45) is 1.90. The number of carbonyl (C=O) groups excluding carboxylic acids is 2. The summed E-state index contributed by atoms with van der Waals surface area (Å²) in [5, 5.41) is 0.779. The van der Waals surface area contributed by atoms with Crippen LogP contribution in [0.4, 0.5) is 5.69 Å². The third kappa shape index (κ3) is 4.23. The zero-order chi connectivity index (χ0) is 21.3. The van der Waals surface area contributed by atoms with Crippen molar-refractivity contribution in [3.63, 3.8) is 0 Å². The average molecular weight is 426 g/mol. The van der Waals surface area contributed by atoms with Crippen LogP contribution >= 0.6 is 11.6 Å². The van der Waals surface area contributed by atoms with E-state index in [0.717, 1.165) is 36.5 Å². The van der Waals surface area contributed by atoms with Crippen molar-refractivity contribution in [1.29, 1.82) is 0 Å². The molecular weight excluding hydrogens is 398 g/mol. The van der Waals surface area contributed by atoms with Gasteiger partial charge in [-0.25, -0.2) is 0 Å². The molecule has 1 unspecified atom stereocenters. The second kappa shape index (κ2) is 8.78. The van der Waals surface area contributed by atoms with Crippen LogP contribution in [-0.2, 0) is 4.79 Å². The molecule has 6 heteroatoms. The predicted octanol–water partition coefficient (Wildman–Crippen LogP) is 4.23. The molecule has 2 amide bonds. The molecule has 0 bridgehead atoms. The van der Waals surface area contributed by atoms with Gasteiger partial charge in [-0.2, -0.15) is 0 Å². The van der Waals surface area contributed by atoms with Crippen LogP contribution in [0.2, 0.25) is 5.02 Å². The lowest BCUT2D eigenvalue weighted by Crippen LogP contribution is -2.49. The van der Waals surface area contributed by atoms with Crippen molar-refractivity contribution in [1.82, 2.24) is 9.80 Å². The molecule has 1 saturated heterocycles. The van der Waals surface area contributed by atoms with Crippen molar-refractivity contribution >= 4 is 29.1 Å². The number of anilines is 1. The molecular formula is C24H28ClN3O2. The van der Waals surface area contributed by atoms with Crippen LogP contribution in [0, 0.1) is 5.92 Å². The van der Waals surface area contributed by atoms with Crippen LogP contribution in [0.3, 0.4) is 0 Å². The summed E-state index contributed by atoms with van der Waals surface area (Å²) in [5.74, 6) is 0.215. The van der Waals surface area contributed by atoms with E-state index >= 15 is 0 Å². The molecule has 158 valence electrons. The fourth-order valence-electron chi connectivity index (χ4n) is 4.16. The van der Waals surface area contributed by atoms with Gasteiger partial charge in [0.1, 0.15) is 0 Å². The molecule has 2 aliphatic rings. The van der Waals surface area contributed by atoms with Gasteiger partial charge in [-0.05, 0) is 43.5 Å². The normalized spacial score (nSPS) is 18.2. The fourth-order valence-corrected chi connectivity index (χ4v) is 4.46. The van der Waals surface area contributed by atoms with E-state index in [0.29, 0.717) is 24.3 Å². The number of benzene rings is 2. The van der Waals surface area contributed by atoms with Gasteiger partial charge in [0.2, 0.25) is 5.91 Å². The van der Waals surface area contributed by atoms with Crippen LogP contribution in [0.1, 0.15) is 41.7 Å². The summed E-state index contributed by atoms with van der Waals surface area (Å²) in [5.41, 5.74) is 2.41. The Morgan fingerprint density at radius 2 is 1.63 bits per heavy atom. The van der Waals surface area contributed by atoms with Gasteiger partial charge in [0.05, 0.1) is 11.3 Å². The highest BCUT2D eigenvalue weighted by molar-refractivity contribution is 6.31. The molecule has 1 atom stereocenters. The topological polar surface area (TPSA) is 43.9 Å². The van der Waals surface area contributed by atoms with Gasteiger partial charge < -0.3 is 9.80 Å². The van der Waals surface area contributed by atoms with Crippen molar-refractivity contribution in [3.05, 3.63) is 64.7 Å². The number of amides is 2. The zero-order valence-corrected chi connectivity index (χ0v) is 18.3. The Bertz CT molecular complexity index is 936. The van der Waals surface area contributed by atoms with E-state index in [9.17, 15) is 9.59 Å². The van der Waals surface area contributed by atoms with E-state index in [1.165, 1.54) is 0 Å². The summed E-state index contributed by atoms with van der Waals surface area (Å²) in [4.78, 5) is 31.7. The van der Waals surface area contributed by atoms with Crippen molar-refractivity contribution < 1.29 is 9.59 Å². The lowest BCUT2D eigenvalue weighted by atomic mass is 10.1. The van der Waals surface area contributed by atoms with Crippen molar-refractivity contribution in [2.45, 2.75) is 25.8 Å². The Kier molecular flexibility index (Phi) is 6.11. The molecule has 2 fully saturated rings. The number of nitrogens with zero attached hydrogens (tertiary/aromatic N) is 3. The maximum absolute atomic E-state index is 13.3. The first kappa shape index (κ1) is 20.9. The van der Waals surface area contributed by atoms with Gasteiger partial charge in [0.25, 0.3) is 5.91 Å². The van der Waals surface area contributed by atoms with Crippen molar-refractivity contribution in [2.75, 3.05) is 38.1 Å². The highest BCUT2D eigenvalue weighted by atomic mass is 35.5. The first-order valence-corrected chi connectivity index (χ1v) is 11.0. The number of hydrogen-bond donors (Lipinski definition) is 0. The van der Waals surface area contributed by atoms with Crippen molar-refractivity contribution in [2.24, 2.45) is 5.92 Å². The Labute approximate surface area is 183 Å². The molecule has 1 heterocycles. The van der Waals surface area contributed by atoms with Gasteiger partial charge in [0.15, 0.2) is 0 Å². The number of rotatable bonds is 5. The molecule has 0 spiro atoms. The van der Waals surface area contributed by atoms with Gasteiger partial charge in [-0.1, -0.05) is 41.9 Å². The number of halogens is 1. The Balaban J connectivity index is 1.44. The maximum atomic E-state index is 13.3. The maximum Gasteiger partial charge on any atom is 0.256 e. The lowest BCUT2D eigenvalue weighted by molar-refractivity contribution is -0.119.